The molecular formula is C24H22ClN3O3. The van der Waals surface area contributed by atoms with Crippen LogP contribution >= 0.6 is 11.6 Å². The fourth-order valence-corrected chi connectivity index (χ4v) is 5.20. The van der Waals surface area contributed by atoms with E-state index in [0.717, 1.165) is 11.1 Å². The van der Waals surface area contributed by atoms with Crippen LogP contribution in [0, 0.1) is 17.3 Å². The number of nitrogens with zero attached hydrogens (tertiary/aromatic N) is 3. The third-order valence-corrected chi connectivity index (χ3v) is 6.71. The number of carbonyl (C=O) groups is 3. The van der Waals surface area contributed by atoms with Crippen molar-refractivity contribution in [3.63, 3.8) is 0 Å². The number of hydrazone groups is 1. The third-order valence-electron chi connectivity index (χ3n) is 6.39. The molecule has 2 saturated heterocycles. The van der Waals surface area contributed by atoms with E-state index in [2.05, 4.69) is 5.10 Å². The van der Waals surface area contributed by atoms with Crippen LogP contribution in [0.4, 0.5) is 5.69 Å². The number of rotatable bonds is 2. The molecule has 0 spiro atoms. The maximum atomic E-state index is 13.7. The van der Waals surface area contributed by atoms with Crippen LogP contribution in [0.2, 0.25) is 5.02 Å². The Labute approximate surface area is 185 Å². The summed E-state index contributed by atoms with van der Waals surface area (Å²) >= 11 is 6.33. The zero-order valence-electron chi connectivity index (χ0n) is 17.4. The van der Waals surface area contributed by atoms with Gasteiger partial charge in [0.2, 0.25) is 11.8 Å². The minimum absolute atomic E-state index is 0.108. The van der Waals surface area contributed by atoms with E-state index in [-0.39, 0.29) is 11.7 Å². The molecule has 2 aromatic rings. The van der Waals surface area contributed by atoms with Crippen LogP contribution in [-0.2, 0) is 14.4 Å². The number of amides is 2. The van der Waals surface area contributed by atoms with E-state index in [1.165, 1.54) is 4.90 Å². The largest absolute Gasteiger partial charge is 0.297 e. The van der Waals surface area contributed by atoms with E-state index in [1.54, 1.807) is 35.5 Å². The monoisotopic (exact) mass is 435 g/mol. The normalized spacial score (nSPS) is 26.7. The van der Waals surface area contributed by atoms with Gasteiger partial charge in [-0.3, -0.25) is 19.4 Å². The number of para-hydroxylation sites is 1. The molecule has 2 fully saturated rings. The van der Waals surface area contributed by atoms with Crippen molar-refractivity contribution in [2.75, 3.05) is 4.90 Å². The third kappa shape index (κ3) is 2.78. The molecule has 0 bridgehead atoms. The first kappa shape index (κ1) is 19.9. The van der Waals surface area contributed by atoms with Crippen molar-refractivity contribution in [1.82, 2.24) is 5.01 Å². The van der Waals surface area contributed by atoms with Crippen LogP contribution in [0.1, 0.15) is 37.9 Å². The van der Waals surface area contributed by atoms with Crippen LogP contribution in [0.5, 0.6) is 0 Å². The summed E-state index contributed by atoms with van der Waals surface area (Å²) in [4.78, 5) is 42.0. The summed E-state index contributed by atoms with van der Waals surface area (Å²) in [5.41, 5.74) is 1.45. The summed E-state index contributed by atoms with van der Waals surface area (Å²) in [6.07, 6.45) is 1.70. The number of anilines is 1. The Morgan fingerprint density at radius 1 is 0.968 bits per heavy atom. The number of fused-ring (bicyclic) bond motifs is 5. The lowest BCUT2D eigenvalue weighted by atomic mass is 9.79. The van der Waals surface area contributed by atoms with Crippen molar-refractivity contribution in [1.29, 1.82) is 0 Å². The van der Waals surface area contributed by atoms with Crippen molar-refractivity contribution in [2.24, 2.45) is 22.4 Å². The van der Waals surface area contributed by atoms with Crippen LogP contribution in [0.15, 0.2) is 53.6 Å². The molecule has 5 rings (SSSR count). The number of hydrogen-bond donors (Lipinski definition) is 0. The molecule has 0 N–H and O–H groups in total. The average molecular weight is 436 g/mol. The molecule has 0 aromatic heterocycles. The second-order valence-electron chi connectivity index (χ2n) is 9.27. The summed E-state index contributed by atoms with van der Waals surface area (Å²) < 4.78 is 0. The predicted molar refractivity (Wildman–Crippen MR) is 118 cm³/mol. The van der Waals surface area contributed by atoms with Crippen LogP contribution in [0.25, 0.3) is 0 Å². The van der Waals surface area contributed by atoms with E-state index in [4.69, 9.17) is 11.6 Å². The van der Waals surface area contributed by atoms with Gasteiger partial charge in [-0.2, -0.15) is 5.10 Å². The van der Waals surface area contributed by atoms with Gasteiger partial charge >= 0.3 is 0 Å². The highest BCUT2D eigenvalue weighted by Crippen LogP contribution is 2.54. The maximum Gasteiger partial charge on any atom is 0.240 e. The Morgan fingerprint density at radius 2 is 1.61 bits per heavy atom. The molecular weight excluding hydrogens is 414 g/mol. The van der Waals surface area contributed by atoms with Crippen molar-refractivity contribution < 1.29 is 14.4 Å². The summed E-state index contributed by atoms with van der Waals surface area (Å²) in [6.45, 7) is 5.48. The number of benzene rings is 2. The number of halogens is 1. The molecule has 3 heterocycles. The fourth-order valence-electron chi connectivity index (χ4n) is 4.98. The van der Waals surface area contributed by atoms with Gasteiger partial charge in [0.05, 0.1) is 34.8 Å². The van der Waals surface area contributed by atoms with Gasteiger partial charge in [-0.05, 0) is 23.3 Å². The Kier molecular flexibility index (Phi) is 4.35. The zero-order valence-corrected chi connectivity index (χ0v) is 18.2. The van der Waals surface area contributed by atoms with Gasteiger partial charge in [0.15, 0.2) is 5.78 Å². The Morgan fingerprint density at radius 3 is 2.32 bits per heavy atom. The summed E-state index contributed by atoms with van der Waals surface area (Å²) in [6, 6.07) is 13.2. The van der Waals surface area contributed by atoms with E-state index in [9.17, 15) is 14.4 Å². The first-order valence-electron chi connectivity index (χ1n) is 10.3. The van der Waals surface area contributed by atoms with Crippen molar-refractivity contribution >= 4 is 41.1 Å². The summed E-state index contributed by atoms with van der Waals surface area (Å²) in [7, 11) is 0. The first-order chi connectivity index (χ1) is 14.7. The topological polar surface area (TPSA) is 70.0 Å². The van der Waals surface area contributed by atoms with Crippen LogP contribution < -0.4 is 4.90 Å². The molecule has 158 valence electrons. The Hall–Kier alpha value is -2.99. The predicted octanol–water partition coefficient (Wildman–Crippen LogP) is 3.83. The highest BCUT2D eigenvalue weighted by molar-refractivity contribution is 6.36. The molecule has 2 aromatic carbocycles. The van der Waals surface area contributed by atoms with Crippen molar-refractivity contribution in [3.8, 4) is 0 Å². The lowest BCUT2D eigenvalue weighted by Crippen LogP contribution is -2.48. The number of ketones is 1. The van der Waals surface area contributed by atoms with E-state index < -0.39 is 35.2 Å². The molecule has 0 saturated carbocycles. The second-order valence-corrected chi connectivity index (χ2v) is 9.68. The van der Waals surface area contributed by atoms with E-state index in [1.807, 2.05) is 45.0 Å². The minimum Gasteiger partial charge on any atom is -0.297 e. The van der Waals surface area contributed by atoms with Gasteiger partial charge in [0.1, 0.15) is 6.04 Å². The average Bonchev–Trinajstić information content (AvgIpc) is 3.20. The van der Waals surface area contributed by atoms with Crippen LogP contribution in [-0.4, -0.2) is 34.9 Å². The molecule has 0 radical (unpaired) electrons. The minimum atomic E-state index is -0.816. The highest BCUT2D eigenvalue weighted by atomic mass is 35.5. The van der Waals surface area contributed by atoms with E-state index in [0.29, 0.717) is 10.7 Å². The van der Waals surface area contributed by atoms with Gasteiger partial charge in [-0.1, -0.05) is 68.8 Å². The summed E-state index contributed by atoms with van der Waals surface area (Å²) in [5, 5.41) is 6.56. The van der Waals surface area contributed by atoms with Crippen molar-refractivity contribution in [2.45, 2.75) is 32.9 Å². The smallest absolute Gasteiger partial charge is 0.240 e. The Bertz CT molecular complexity index is 1150. The SMILES string of the molecule is CC(C)(C)C(=O)[C@H]1[C@@H]2C(=O)N(c3ccccc3Cl)C(=O)[C@@H]2[C@H]2c3ccccc3C=NN21. The summed E-state index contributed by atoms with van der Waals surface area (Å²) in [5.74, 6) is -2.37. The fraction of sp³-hybridized carbons (Fsp3) is 0.333. The van der Waals surface area contributed by atoms with Gasteiger partial charge in [0, 0.05) is 5.41 Å². The van der Waals surface area contributed by atoms with Gasteiger partial charge in [0.25, 0.3) is 0 Å². The quantitative estimate of drug-likeness (QED) is 0.672. The lowest BCUT2D eigenvalue weighted by Gasteiger charge is -2.35. The zero-order chi connectivity index (χ0) is 22.1. The number of Topliss-reactive ketones (excluding diaryl/α,β-unsaturated/α-hetero) is 1. The lowest BCUT2D eigenvalue weighted by molar-refractivity contribution is -0.136. The molecule has 6 nitrogen and oxygen atoms in total. The second kappa shape index (κ2) is 6.76. The molecule has 0 aliphatic carbocycles. The van der Waals surface area contributed by atoms with Gasteiger partial charge < -0.3 is 0 Å². The number of hydrogen-bond acceptors (Lipinski definition) is 5. The van der Waals surface area contributed by atoms with Crippen molar-refractivity contribution in [3.05, 3.63) is 64.7 Å². The standard InChI is InChI=1S/C24H22ClN3O3/c1-24(2,3)21(29)20-18-17(19-14-9-5-4-8-13(14)12-26-28(19)20)22(30)27(23(18)31)16-11-7-6-10-15(16)25/h4-12,17-20H,1-3H3/t17-,18+,19+,20+/m0/s1. The number of imide groups is 1. The molecule has 31 heavy (non-hydrogen) atoms. The molecule has 0 unspecified atom stereocenters. The van der Waals surface area contributed by atoms with Gasteiger partial charge in [-0.25, -0.2) is 4.90 Å². The van der Waals surface area contributed by atoms with Crippen LogP contribution in [0.3, 0.4) is 0 Å². The molecule has 3 aliphatic heterocycles. The number of carbonyl (C=O) groups excluding carboxylic acids is 3. The molecule has 4 atom stereocenters. The van der Waals surface area contributed by atoms with Gasteiger partial charge in [-0.15, -0.1) is 0 Å². The van der Waals surface area contributed by atoms with E-state index >= 15 is 0 Å². The highest BCUT2D eigenvalue weighted by Gasteiger charge is 2.66. The molecule has 2 amide bonds. The Balaban J connectivity index is 1.69. The molecule has 7 heteroatoms. The maximum absolute atomic E-state index is 13.7. The first-order valence-corrected chi connectivity index (χ1v) is 10.7. The molecule has 3 aliphatic rings.